The Balaban J connectivity index is 2.69. The van der Waals surface area contributed by atoms with Crippen molar-refractivity contribution in [2.45, 2.75) is 45.3 Å². The van der Waals surface area contributed by atoms with Crippen LogP contribution in [0.3, 0.4) is 0 Å². The highest BCUT2D eigenvalue weighted by Gasteiger charge is 2.31. The first kappa shape index (κ1) is 22.6. The molecule has 0 saturated carbocycles. The monoisotopic (exact) mass is 401 g/mol. The second-order valence-corrected chi connectivity index (χ2v) is 6.95. The molecule has 2 aromatic carbocycles. The van der Waals surface area contributed by atoms with Crippen LogP contribution in [0.4, 0.5) is 0 Å². The maximum Gasteiger partial charge on any atom is 0.322 e. The highest BCUT2D eigenvalue weighted by atomic mass is 16.5. The Bertz CT molecular complexity index is 779. The van der Waals surface area contributed by atoms with Crippen molar-refractivity contribution in [3.05, 3.63) is 53.1 Å². The molecule has 0 bridgehead atoms. The number of nitrogens with two attached hydrogens (primary N) is 1. The van der Waals surface area contributed by atoms with E-state index < -0.39 is 18.1 Å². The summed E-state index contributed by atoms with van der Waals surface area (Å²) in [6, 6.07) is 10.9. The van der Waals surface area contributed by atoms with Gasteiger partial charge in [0.2, 0.25) is 0 Å². The van der Waals surface area contributed by atoms with Crippen molar-refractivity contribution >= 4 is 5.97 Å². The largest absolute Gasteiger partial charge is 0.497 e. The van der Waals surface area contributed by atoms with E-state index in [1.807, 2.05) is 37.3 Å². The molecular formula is C23H31NO5. The van der Waals surface area contributed by atoms with Crippen LogP contribution >= 0.6 is 0 Å². The summed E-state index contributed by atoms with van der Waals surface area (Å²) >= 11 is 0. The van der Waals surface area contributed by atoms with Gasteiger partial charge in [0.15, 0.2) is 0 Å². The zero-order valence-corrected chi connectivity index (χ0v) is 18.0. The van der Waals surface area contributed by atoms with Gasteiger partial charge in [0.25, 0.3) is 0 Å². The molecule has 2 rings (SSSR count). The summed E-state index contributed by atoms with van der Waals surface area (Å²) < 4.78 is 22.4. The molecule has 3 atom stereocenters. The van der Waals surface area contributed by atoms with E-state index >= 15 is 0 Å². The van der Waals surface area contributed by atoms with Gasteiger partial charge in [0.05, 0.1) is 27.2 Å². The lowest BCUT2D eigenvalue weighted by Gasteiger charge is -2.29. The number of ether oxygens (including phenoxy) is 4. The van der Waals surface area contributed by atoms with E-state index in [1.165, 1.54) is 0 Å². The Kier molecular flexibility index (Phi) is 7.91. The average molecular weight is 402 g/mol. The van der Waals surface area contributed by atoms with Gasteiger partial charge in [-0.25, -0.2) is 0 Å². The predicted octanol–water partition coefficient (Wildman–Crippen LogP) is 3.69. The van der Waals surface area contributed by atoms with E-state index in [0.29, 0.717) is 17.2 Å². The molecule has 0 heterocycles. The molecule has 29 heavy (non-hydrogen) atoms. The summed E-state index contributed by atoms with van der Waals surface area (Å²) in [5, 5.41) is 0. The Labute approximate surface area is 172 Å². The van der Waals surface area contributed by atoms with Gasteiger partial charge in [-0.3, -0.25) is 4.79 Å². The highest BCUT2D eigenvalue weighted by Crippen LogP contribution is 2.41. The van der Waals surface area contributed by atoms with Crippen molar-refractivity contribution in [3.8, 4) is 17.2 Å². The molecule has 2 aromatic rings. The molecule has 1 unspecified atom stereocenters. The molecule has 6 nitrogen and oxygen atoms in total. The second-order valence-electron chi connectivity index (χ2n) is 6.95. The summed E-state index contributed by atoms with van der Waals surface area (Å²) in [6.45, 7) is 5.54. The lowest BCUT2D eigenvalue weighted by molar-refractivity contribution is -0.150. The third-order valence-electron chi connectivity index (χ3n) is 4.95. The van der Waals surface area contributed by atoms with Crippen molar-refractivity contribution < 1.29 is 23.7 Å². The lowest BCUT2D eigenvalue weighted by Crippen LogP contribution is -2.34. The zero-order valence-electron chi connectivity index (χ0n) is 18.0. The average Bonchev–Trinajstić information content (AvgIpc) is 2.73. The first-order valence-electron chi connectivity index (χ1n) is 9.71. The third kappa shape index (κ3) is 5.21. The predicted molar refractivity (Wildman–Crippen MR) is 113 cm³/mol. The van der Waals surface area contributed by atoms with Crippen LogP contribution in [0.25, 0.3) is 0 Å². The van der Waals surface area contributed by atoms with Gasteiger partial charge < -0.3 is 24.7 Å². The van der Waals surface area contributed by atoms with Crippen LogP contribution in [0.2, 0.25) is 0 Å². The van der Waals surface area contributed by atoms with Crippen LogP contribution in [-0.2, 0) is 16.0 Å². The number of carbonyl (C=O) groups is 1. The van der Waals surface area contributed by atoms with Crippen LogP contribution in [-0.4, -0.2) is 39.4 Å². The van der Waals surface area contributed by atoms with Crippen molar-refractivity contribution in [1.82, 2.24) is 0 Å². The van der Waals surface area contributed by atoms with Crippen molar-refractivity contribution in [3.63, 3.8) is 0 Å². The number of esters is 1. The molecule has 158 valence electrons. The summed E-state index contributed by atoms with van der Waals surface area (Å²) in [5.41, 5.74) is 8.61. The van der Waals surface area contributed by atoms with Gasteiger partial charge in [0.1, 0.15) is 29.4 Å². The quantitative estimate of drug-likeness (QED) is 0.646. The molecule has 0 aliphatic heterocycles. The molecule has 0 fully saturated rings. The van der Waals surface area contributed by atoms with Gasteiger partial charge in [-0.05, 0) is 50.1 Å². The fraction of sp³-hybridized carbons (Fsp3) is 0.435. The van der Waals surface area contributed by atoms with E-state index in [4.69, 9.17) is 24.7 Å². The van der Waals surface area contributed by atoms with Crippen LogP contribution in [0, 0.1) is 0 Å². The third-order valence-corrected chi connectivity index (χ3v) is 4.95. The Morgan fingerprint density at radius 3 is 2.03 bits per heavy atom. The molecule has 2 N–H and O–H groups in total. The van der Waals surface area contributed by atoms with E-state index in [9.17, 15) is 4.79 Å². The Hall–Kier alpha value is -2.73. The molecule has 0 radical (unpaired) electrons. The SMILES string of the molecule is CCc1ccc(OC)c(C(c2cc(OC)ccc2OC)[C@H](C)OC(=O)[C@H](C)N)c1. The summed E-state index contributed by atoms with van der Waals surface area (Å²) in [4.78, 5) is 12.2. The van der Waals surface area contributed by atoms with E-state index in [1.54, 1.807) is 28.3 Å². The second kappa shape index (κ2) is 10.2. The minimum atomic E-state index is -0.714. The molecular weight excluding hydrogens is 370 g/mol. The Morgan fingerprint density at radius 1 is 0.931 bits per heavy atom. The van der Waals surface area contributed by atoms with E-state index in [-0.39, 0.29) is 5.92 Å². The molecule has 6 heteroatoms. The number of carbonyl (C=O) groups excluding carboxylic acids is 1. The molecule has 0 aromatic heterocycles. The lowest BCUT2D eigenvalue weighted by atomic mass is 9.84. The van der Waals surface area contributed by atoms with Gasteiger partial charge in [-0.15, -0.1) is 0 Å². The number of hydrogen-bond donors (Lipinski definition) is 1. The van der Waals surface area contributed by atoms with Crippen molar-refractivity contribution in [1.29, 1.82) is 0 Å². The topological polar surface area (TPSA) is 80.0 Å². The minimum absolute atomic E-state index is 0.343. The minimum Gasteiger partial charge on any atom is -0.497 e. The highest BCUT2D eigenvalue weighted by molar-refractivity contribution is 5.75. The summed E-state index contributed by atoms with van der Waals surface area (Å²) in [6.07, 6.45) is 0.350. The van der Waals surface area contributed by atoms with Crippen molar-refractivity contribution in [2.24, 2.45) is 5.73 Å². The smallest absolute Gasteiger partial charge is 0.322 e. The molecule has 0 aliphatic rings. The fourth-order valence-electron chi connectivity index (χ4n) is 3.36. The number of hydrogen-bond acceptors (Lipinski definition) is 6. The van der Waals surface area contributed by atoms with Crippen molar-refractivity contribution in [2.75, 3.05) is 21.3 Å². The standard InChI is InChI=1S/C23H31NO5/c1-7-16-8-10-20(27-5)18(12-16)22(15(3)29-23(25)14(2)24)19-13-17(26-4)9-11-21(19)28-6/h8-15,22H,7,24H2,1-6H3/t14-,15-,22?/m0/s1. The van der Waals surface area contributed by atoms with Crippen LogP contribution in [0.5, 0.6) is 17.2 Å². The first-order valence-corrected chi connectivity index (χ1v) is 9.71. The molecule has 0 aliphatic carbocycles. The maximum atomic E-state index is 12.2. The summed E-state index contributed by atoms with van der Waals surface area (Å²) in [5.74, 6) is 1.26. The van der Waals surface area contributed by atoms with Gasteiger partial charge in [-0.1, -0.05) is 19.1 Å². The van der Waals surface area contributed by atoms with Crippen LogP contribution in [0.15, 0.2) is 36.4 Å². The van der Waals surface area contributed by atoms with Gasteiger partial charge in [-0.2, -0.15) is 0 Å². The zero-order chi connectivity index (χ0) is 21.6. The molecule has 0 saturated heterocycles. The molecule has 0 amide bonds. The normalized spacial score (nSPS) is 13.9. The van der Waals surface area contributed by atoms with Crippen LogP contribution < -0.4 is 19.9 Å². The fourth-order valence-corrected chi connectivity index (χ4v) is 3.36. The Morgan fingerprint density at radius 2 is 1.52 bits per heavy atom. The summed E-state index contributed by atoms with van der Waals surface area (Å²) in [7, 11) is 4.85. The number of aryl methyl sites for hydroxylation is 1. The number of methoxy groups -OCH3 is 3. The maximum absolute atomic E-state index is 12.2. The van der Waals surface area contributed by atoms with Gasteiger partial charge in [0, 0.05) is 11.1 Å². The van der Waals surface area contributed by atoms with Gasteiger partial charge >= 0.3 is 5.97 Å². The first-order chi connectivity index (χ1) is 13.9. The number of benzene rings is 2. The number of rotatable bonds is 9. The molecule has 0 spiro atoms. The van der Waals surface area contributed by atoms with E-state index in [2.05, 4.69) is 13.0 Å². The van der Waals surface area contributed by atoms with Crippen LogP contribution in [0.1, 0.15) is 43.4 Å². The van der Waals surface area contributed by atoms with E-state index in [0.717, 1.165) is 23.1 Å².